The predicted molar refractivity (Wildman–Crippen MR) is 74.3 cm³/mol. The first-order valence-corrected chi connectivity index (χ1v) is 6.52. The second-order valence-corrected chi connectivity index (χ2v) is 4.36. The molecule has 0 aliphatic heterocycles. The summed E-state index contributed by atoms with van der Waals surface area (Å²) in [6.07, 6.45) is 3.08. The molecule has 0 heterocycles. The highest BCUT2D eigenvalue weighted by molar-refractivity contribution is 5.75. The van der Waals surface area contributed by atoms with Crippen LogP contribution in [0.5, 0.6) is 0 Å². The highest BCUT2D eigenvalue weighted by atomic mass is 16.2. The van der Waals surface area contributed by atoms with Crippen molar-refractivity contribution in [3.05, 3.63) is 35.9 Å². The maximum absolute atomic E-state index is 11.6. The SMILES string of the molecule is NC(=O)NCCCCCC(=O)NCc1ccccc1. The smallest absolute Gasteiger partial charge is 0.312 e. The number of benzene rings is 1. The van der Waals surface area contributed by atoms with E-state index in [0.29, 0.717) is 19.5 Å². The summed E-state index contributed by atoms with van der Waals surface area (Å²) in [6, 6.07) is 9.32. The van der Waals surface area contributed by atoms with Crippen LogP contribution in [0.3, 0.4) is 0 Å². The summed E-state index contributed by atoms with van der Waals surface area (Å²) in [5, 5.41) is 5.40. The lowest BCUT2D eigenvalue weighted by molar-refractivity contribution is -0.121. The van der Waals surface area contributed by atoms with Gasteiger partial charge in [0.2, 0.25) is 5.91 Å². The van der Waals surface area contributed by atoms with Crippen LogP contribution in [0, 0.1) is 0 Å². The standard InChI is InChI=1S/C14H21N3O2/c15-14(19)16-10-6-2-5-9-13(18)17-11-12-7-3-1-4-8-12/h1,3-4,7-8H,2,5-6,9-11H2,(H,17,18)(H3,15,16,19). The van der Waals surface area contributed by atoms with Crippen LogP contribution in [-0.2, 0) is 11.3 Å². The van der Waals surface area contributed by atoms with E-state index in [9.17, 15) is 9.59 Å². The number of rotatable bonds is 8. The Kier molecular flexibility index (Phi) is 7.09. The first kappa shape index (κ1) is 15.0. The summed E-state index contributed by atoms with van der Waals surface area (Å²) < 4.78 is 0. The van der Waals surface area contributed by atoms with Crippen LogP contribution in [0.1, 0.15) is 31.2 Å². The van der Waals surface area contributed by atoms with Crippen LogP contribution in [-0.4, -0.2) is 18.5 Å². The fourth-order valence-electron chi connectivity index (χ4n) is 1.68. The average Bonchev–Trinajstić information content (AvgIpc) is 2.41. The van der Waals surface area contributed by atoms with E-state index < -0.39 is 6.03 Å². The van der Waals surface area contributed by atoms with Crippen molar-refractivity contribution in [2.45, 2.75) is 32.2 Å². The first-order chi connectivity index (χ1) is 9.18. The van der Waals surface area contributed by atoms with Crippen molar-refractivity contribution >= 4 is 11.9 Å². The van der Waals surface area contributed by atoms with Crippen molar-refractivity contribution in [3.63, 3.8) is 0 Å². The fraction of sp³-hybridized carbons (Fsp3) is 0.429. The van der Waals surface area contributed by atoms with Crippen LogP contribution >= 0.6 is 0 Å². The van der Waals surface area contributed by atoms with Crippen molar-refractivity contribution < 1.29 is 9.59 Å². The molecule has 1 aromatic rings. The molecule has 0 spiro atoms. The Morgan fingerprint density at radius 3 is 2.42 bits per heavy atom. The quantitative estimate of drug-likeness (QED) is 0.621. The predicted octanol–water partition coefficient (Wildman–Crippen LogP) is 1.53. The zero-order chi connectivity index (χ0) is 13.9. The van der Waals surface area contributed by atoms with Gasteiger partial charge >= 0.3 is 6.03 Å². The van der Waals surface area contributed by atoms with Crippen molar-refractivity contribution in [1.29, 1.82) is 0 Å². The van der Waals surface area contributed by atoms with Gasteiger partial charge in [0.1, 0.15) is 0 Å². The zero-order valence-corrected chi connectivity index (χ0v) is 11.0. The number of primary amides is 1. The van der Waals surface area contributed by atoms with Gasteiger partial charge in [0.25, 0.3) is 0 Å². The minimum absolute atomic E-state index is 0.0618. The Balaban J connectivity index is 2.01. The highest BCUT2D eigenvalue weighted by Gasteiger charge is 2.01. The number of unbranched alkanes of at least 4 members (excludes halogenated alkanes) is 2. The molecular formula is C14H21N3O2. The van der Waals surface area contributed by atoms with Gasteiger partial charge in [-0.15, -0.1) is 0 Å². The Morgan fingerprint density at radius 1 is 1.00 bits per heavy atom. The molecule has 0 saturated carbocycles. The van der Waals surface area contributed by atoms with E-state index in [4.69, 9.17) is 5.73 Å². The lowest BCUT2D eigenvalue weighted by atomic mass is 10.2. The van der Waals surface area contributed by atoms with Gasteiger partial charge < -0.3 is 16.4 Å². The molecule has 0 bridgehead atoms. The molecule has 104 valence electrons. The van der Waals surface area contributed by atoms with Crippen molar-refractivity contribution in [1.82, 2.24) is 10.6 Å². The Labute approximate surface area is 113 Å². The van der Waals surface area contributed by atoms with Gasteiger partial charge in [-0.2, -0.15) is 0 Å². The van der Waals surface area contributed by atoms with E-state index in [1.165, 1.54) is 0 Å². The zero-order valence-electron chi connectivity index (χ0n) is 11.0. The first-order valence-electron chi connectivity index (χ1n) is 6.52. The highest BCUT2D eigenvalue weighted by Crippen LogP contribution is 2.01. The average molecular weight is 263 g/mol. The minimum atomic E-state index is -0.499. The summed E-state index contributed by atoms with van der Waals surface area (Å²) in [4.78, 5) is 22.0. The number of carbonyl (C=O) groups is 2. The van der Waals surface area contributed by atoms with Gasteiger partial charge in [0.05, 0.1) is 0 Å². The van der Waals surface area contributed by atoms with Gasteiger partial charge in [0.15, 0.2) is 0 Å². The molecule has 0 unspecified atom stereocenters. The van der Waals surface area contributed by atoms with Crippen LogP contribution in [0.4, 0.5) is 4.79 Å². The molecule has 5 heteroatoms. The van der Waals surface area contributed by atoms with Gasteiger partial charge in [-0.1, -0.05) is 36.8 Å². The van der Waals surface area contributed by atoms with Crippen LogP contribution in [0.2, 0.25) is 0 Å². The Hall–Kier alpha value is -2.04. The van der Waals surface area contributed by atoms with Crippen LogP contribution in [0.15, 0.2) is 30.3 Å². The van der Waals surface area contributed by atoms with E-state index in [0.717, 1.165) is 24.8 Å². The van der Waals surface area contributed by atoms with E-state index in [-0.39, 0.29) is 5.91 Å². The van der Waals surface area contributed by atoms with E-state index in [2.05, 4.69) is 10.6 Å². The van der Waals surface area contributed by atoms with Crippen molar-refractivity contribution in [2.24, 2.45) is 5.73 Å². The maximum atomic E-state index is 11.6. The van der Waals surface area contributed by atoms with Crippen molar-refractivity contribution in [3.8, 4) is 0 Å². The second-order valence-electron chi connectivity index (χ2n) is 4.36. The maximum Gasteiger partial charge on any atom is 0.312 e. The molecular weight excluding hydrogens is 242 g/mol. The summed E-state index contributed by atoms with van der Waals surface area (Å²) in [6.45, 7) is 1.14. The van der Waals surface area contributed by atoms with Crippen molar-refractivity contribution in [2.75, 3.05) is 6.54 Å². The van der Waals surface area contributed by atoms with Gasteiger partial charge in [-0.25, -0.2) is 4.79 Å². The molecule has 3 amide bonds. The molecule has 0 radical (unpaired) electrons. The molecule has 0 aromatic heterocycles. The summed E-state index contributed by atoms with van der Waals surface area (Å²) in [5.74, 6) is 0.0618. The lowest BCUT2D eigenvalue weighted by Gasteiger charge is -2.05. The van der Waals surface area contributed by atoms with Crippen LogP contribution in [0.25, 0.3) is 0 Å². The number of hydrogen-bond acceptors (Lipinski definition) is 2. The second kappa shape index (κ2) is 8.97. The third-order valence-corrected chi connectivity index (χ3v) is 2.71. The summed E-state index contributed by atoms with van der Waals surface area (Å²) >= 11 is 0. The summed E-state index contributed by atoms with van der Waals surface area (Å²) in [7, 11) is 0. The van der Waals surface area contributed by atoms with E-state index in [1.807, 2.05) is 30.3 Å². The topological polar surface area (TPSA) is 84.2 Å². The Morgan fingerprint density at radius 2 is 1.74 bits per heavy atom. The largest absolute Gasteiger partial charge is 0.352 e. The molecule has 0 aliphatic rings. The monoisotopic (exact) mass is 263 g/mol. The summed E-state index contributed by atoms with van der Waals surface area (Å²) in [5.41, 5.74) is 6.03. The molecule has 5 nitrogen and oxygen atoms in total. The number of nitrogens with one attached hydrogen (secondary N) is 2. The molecule has 1 aromatic carbocycles. The third kappa shape index (κ3) is 7.81. The molecule has 1 rings (SSSR count). The van der Waals surface area contributed by atoms with E-state index >= 15 is 0 Å². The van der Waals surface area contributed by atoms with Gasteiger partial charge in [-0.3, -0.25) is 4.79 Å². The molecule has 19 heavy (non-hydrogen) atoms. The Bertz CT molecular complexity index is 393. The lowest BCUT2D eigenvalue weighted by Crippen LogP contribution is -2.30. The number of hydrogen-bond donors (Lipinski definition) is 3. The number of carbonyl (C=O) groups excluding carboxylic acids is 2. The number of amides is 3. The number of urea groups is 1. The number of nitrogens with two attached hydrogens (primary N) is 1. The molecule has 0 fully saturated rings. The van der Waals surface area contributed by atoms with Gasteiger partial charge in [0, 0.05) is 19.5 Å². The third-order valence-electron chi connectivity index (χ3n) is 2.71. The molecule has 0 saturated heterocycles. The van der Waals surface area contributed by atoms with E-state index in [1.54, 1.807) is 0 Å². The normalized spacial score (nSPS) is 9.89. The molecule has 0 atom stereocenters. The fourth-order valence-corrected chi connectivity index (χ4v) is 1.68. The van der Waals surface area contributed by atoms with Crippen LogP contribution < -0.4 is 16.4 Å². The minimum Gasteiger partial charge on any atom is -0.352 e. The molecule has 0 aliphatic carbocycles. The van der Waals surface area contributed by atoms with Gasteiger partial charge in [-0.05, 0) is 18.4 Å². The molecule has 4 N–H and O–H groups in total.